The van der Waals surface area contributed by atoms with Crippen LogP contribution in [0.15, 0.2) is 0 Å². The van der Waals surface area contributed by atoms with Crippen molar-refractivity contribution in [1.82, 2.24) is 0 Å². The molecule has 0 rings (SSSR count). The first-order valence-corrected chi connectivity index (χ1v) is 7.54. The minimum atomic E-state index is -0.531. The van der Waals surface area contributed by atoms with E-state index in [0.29, 0.717) is 13.0 Å². The van der Waals surface area contributed by atoms with E-state index in [1.54, 1.807) is 0 Å². The molecule has 0 saturated carbocycles. The highest BCUT2D eigenvalue weighted by atomic mass is 16.5. The monoisotopic (exact) mass is 258 g/mol. The van der Waals surface area contributed by atoms with Gasteiger partial charge in [-0.25, -0.2) is 0 Å². The second-order valence-corrected chi connectivity index (χ2v) is 4.99. The fourth-order valence-electron chi connectivity index (χ4n) is 1.93. The van der Waals surface area contributed by atoms with E-state index in [-0.39, 0.29) is 12.4 Å². The molecule has 3 nitrogen and oxygen atoms in total. The minimum absolute atomic E-state index is 0.143. The molecule has 0 bridgehead atoms. The molecule has 0 aromatic rings. The third-order valence-electron chi connectivity index (χ3n) is 3.04. The molecule has 0 radical (unpaired) electrons. The molecular formula is C15H30O3. The lowest BCUT2D eigenvalue weighted by atomic mass is 10.1. The fourth-order valence-corrected chi connectivity index (χ4v) is 1.93. The fraction of sp³-hybridized carbons (Fsp3) is 0.933. The Balaban J connectivity index is 3.25. The van der Waals surface area contributed by atoms with Crippen LogP contribution in [0.5, 0.6) is 0 Å². The largest absolute Gasteiger partial charge is 0.466 e. The summed E-state index contributed by atoms with van der Waals surface area (Å²) < 4.78 is 5.09. The number of carbonyl (C=O) groups is 1. The molecule has 0 heterocycles. The first-order chi connectivity index (χ1) is 8.70. The summed E-state index contributed by atoms with van der Waals surface area (Å²) in [7, 11) is 0. The van der Waals surface area contributed by atoms with E-state index in [2.05, 4.69) is 6.92 Å². The number of hydrogen-bond donors (Lipinski definition) is 1. The van der Waals surface area contributed by atoms with E-state index in [1.807, 2.05) is 6.92 Å². The van der Waals surface area contributed by atoms with E-state index >= 15 is 0 Å². The lowest BCUT2D eigenvalue weighted by Crippen LogP contribution is -2.15. The zero-order valence-corrected chi connectivity index (χ0v) is 12.1. The molecule has 0 aliphatic carbocycles. The standard InChI is InChI=1S/C15H30O3/c1-3-5-6-7-8-9-10-12-18-15(17)13-14(16)11-4-2/h14,16H,3-13H2,1-2H3. The number of ether oxygens (including phenoxy) is 1. The first kappa shape index (κ1) is 17.4. The molecule has 0 amide bonds. The van der Waals surface area contributed by atoms with Crippen LogP contribution in [0.25, 0.3) is 0 Å². The Kier molecular flexibility index (Phi) is 12.5. The summed E-state index contributed by atoms with van der Waals surface area (Å²) in [6.45, 7) is 4.71. The van der Waals surface area contributed by atoms with Crippen molar-refractivity contribution < 1.29 is 14.6 Å². The second-order valence-electron chi connectivity index (χ2n) is 4.99. The van der Waals surface area contributed by atoms with Gasteiger partial charge in [-0.05, 0) is 12.8 Å². The summed E-state index contributed by atoms with van der Waals surface area (Å²) in [5.41, 5.74) is 0. The molecule has 3 heteroatoms. The average molecular weight is 258 g/mol. The van der Waals surface area contributed by atoms with Crippen LogP contribution >= 0.6 is 0 Å². The molecule has 0 fully saturated rings. The third-order valence-corrected chi connectivity index (χ3v) is 3.04. The van der Waals surface area contributed by atoms with Gasteiger partial charge < -0.3 is 9.84 Å². The van der Waals surface area contributed by atoms with E-state index in [4.69, 9.17) is 4.74 Å². The lowest BCUT2D eigenvalue weighted by Gasteiger charge is -2.09. The molecule has 0 aromatic heterocycles. The predicted octanol–water partition coefficient (Wildman–Crippen LogP) is 3.83. The van der Waals surface area contributed by atoms with Gasteiger partial charge in [0.25, 0.3) is 0 Å². The van der Waals surface area contributed by atoms with Gasteiger partial charge in [0, 0.05) is 0 Å². The number of hydrogen-bond acceptors (Lipinski definition) is 3. The number of unbranched alkanes of at least 4 members (excludes halogenated alkanes) is 6. The van der Waals surface area contributed by atoms with Crippen molar-refractivity contribution >= 4 is 5.97 Å². The van der Waals surface area contributed by atoms with Crippen LogP contribution in [0.4, 0.5) is 0 Å². The highest BCUT2D eigenvalue weighted by molar-refractivity contribution is 5.69. The quantitative estimate of drug-likeness (QED) is 0.427. The van der Waals surface area contributed by atoms with Crippen LogP contribution in [-0.4, -0.2) is 23.8 Å². The van der Waals surface area contributed by atoms with Crippen molar-refractivity contribution in [3.63, 3.8) is 0 Å². The number of aliphatic hydroxyl groups excluding tert-OH is 1. The summed E-state index contributed by atoms with van der Waals surface area (Å²) >= 11 is 0. The van der Waals surface area contributed by atoms with Crippen molar-refractivity contribution in [2.75, 3.05) is 6.61 Å². The van der Waals surface area contributed by atoms with E-state index in [1.165, 1.54) is 32.1 Å². The van der Waals surface area contributed by atoms with Gasteiger partial charge in [-0.3, -0.25) is 4.79 Å². The second kappa shape index (κ2) is 12.9. The Hall–Kier alpha value is -0.570. The van der Waals surface area contributed by atoms with Crippen LogP contribution < -0.4 is 0 Å². The van der Waals surface area contributed by atoms with Gasteiger partial charge in [-0.1, -0.05) is 58.8 Å². The Morgan fingerprint density at radius 3 is 2.22 bits per heavy atom. The van der Waals surface area contributed by atoms with Crippen LogP contribution in [0.2, 0.25) is 0 Å². The summed E-state index contributed by atoms with van der Waals surface area (Å²) in [5, 5.41) is 9.44. The molecule has 108 valence electrons. The molecule has 0 spiro atoms. The molecule has 0 aliphatic heterocycles. The molecule has 1 N–H and O–H groups in total. The maximum atomic E-state index is 11.3. The summed E-state index contributed by atoms with van der Waals surface area (Å²) in [6.07, 6.45) is 9.70. The Labute approximate surface area is 112 Å². The maximum absolute atomic E-state index is 11.3. The summed E-state index contributed by atoms with van der Waals surface area (Å²) in [6, 6.07) is 0. The van der Waals surface area contributed by atoms with Crippen molar-refractivity contribution in [2.45, 2.75) is 84.2 Å². The number of esters is 1. The molecule has 0 saturated heterocycles. The van der Waals surface area contributed by atoms with Gasteiger partial charge in [-0.2, -0.15) is 0 Å². The van der Waals surface area contributed by atoms with Crippen LogP contribution in [0, 0.1) is 0 Å². The highest BCUT2D eigenvalue weighted by Gasteiger charge is 2.10. The Morgan fingerprint density at radius 2 is 1.61 bits per heavy atom. The van der Waals surface area contributed by atoms with Crippen LogP contribution in [-0.2, 0) is 9.53 Å². The Bertz CT molecular complexity index is 192. The molecule has 1 unspecified atom stereocenters. The van der Waals surface area contributed by atoms with Gasteiger partial charge in [0.1, 0.15) is 0 Å². The van der Waals surface area contributed by atoms with Gasteiger partial charge in [-0.15, -0.1) is 0 Å². The van der Waals surface area contributed by atoms with Crippen molar-refractivity contribution in [1.29, 1.82) is 0 Å². The van der Waals surface area contributed by atoms with E-state index in [0.717, 1.165) is 19.3 Å². The van der Waals surface area contributed by atoms with Crippen LogP contribution in [0.1, 0.15) is 78.1 Å². The lowest BCUT2D eigenvalue weighted by molar-refractivity contribution is -0.146. The summed E-state index contributed by atoms with van der Waals surface area (Å²) in [5.74, 6) is -0.262. The Morgan fingerprint density at radius 1 is 1.00 bits per heavy atom. The summed E-state index contributed by atoms with van der Waals surface area (Å²) in [4.78, 5) is 11.3. The van der Waals surface area contributed by atoms with Crippen molar-refractivity contribution in [3.8, 4) is 0 Å². The smallest absolute Gasteiger partial charge is 0.308 e. The highest BCUT2D eigenvalue weighted by Crippen LogP contribution is 2.07. The first-order valence-electron chi connectivity index (χ1n) is 7.54. The topological polar surface area (TPSA) is 46.5 Å². The molecular weight excluding hydrogens is 228 g/mol. The van der Waals surface area contributed by atoms with Crippen molar-refractivity contribution in [3.05, 3.63) is 0 Å². The van der Waals surface area contributed by atoms with E-state index in [9.17, 15) is 9.90 Å². The SMILES string of the molecule is CCCCCCCCCOC(=O)CC(O)CCC. The molecule has 0 aromatic carbocycles. The van der Waals surface area contributed by atoms with Crippen molar-refractivity contribution in [2.24, 2.45) is 0 Å². The zero-order valence-electron chi connectivity index (χ0n) is 12.1. The van der Waals surface area contributed by atoms with Gasteiger partial charge in [0.15, 0.2) is 0 Å². The number of rotatable bonds is 12. The average Bonchev–Trinajstić information content (AvgIpc) is 2.32. The van der Waals surface area contributed by atoms with Gasteiger partial charge in [0.05, 0.1) is 19.1 Å². The normalized spacial score (nSPS) is 12.4. The molecule has 1 atom stereocenters. The van der Waals surface area contributed by atoms with E-state index < -0.39 is 6.10 Å². The number of aliphatic hydroxyl groups is 1. The maximum Gasteiger partial charge on any atom is 0.308 e. The third kappa shape index (κ3) is 11.9. The number of carbonyl (C=O) groups excluding carboxylic acids is 1. The predicted molar refractivity (Wildman–Crippen MR) is 74.5 cm³/mol. The molecule has 18 heavy (non-hydrogen) atoms. The van der Waals surface area contributed by atoms with Gasteiger partial charge >= 0.3 is 5.97 Å². The van der Waals surface area contributed by atoms with Gasteiger partial charge in [0.2, 0.25) is 0 Å². The zero-order chi connectivity index (χ0) is 13.6. The molecule has 0 aliphatic rings. The van der Waals surface area contributed by atoms with Crippen LogP contribution in [0.3, 0.4) is 0 Å². The minimum Gasteiger partial charge on any atom is -0.466 e.